The van der Waals surface area contributed by atoms with E-state index >= 15 is 0 Å². The van der Waals surface area contributed by atoms with E-state index in [1.54, 1.807) is 4.90 Å². The molecule has 27 heavy (non-hydrogen) atoms. The largest absolute Gasteiger partial charge is 0.468 e. The van der Waals surface area contributed by atoms with Crippen LogP contribution in [0.15, 0.2) is 0 Å². The van der Waals surface area contributed by atoms with E-state index in [1.807, 2.05) is 42.5 Å². The van der Waals surface area contributed by atoms with Crippen LogP contribution >= 0.6 is 0 Å². The average Bonchev–Trinajstić information content (AvgIpc) is 3.12. The molecule has 9 nitrogen and oxygen atoms in total. The number of likely N-dealkylation sites (tertiary alicyclic amines) is 1. The summed E-state index contributed by atoms with van der Waals surface area (Å²) >= 11 is 0. The second kappa shape index (κ2) is 7.18. The molecule has 0 aliphatic carbocycles. The minimum Gasteiger partial charge on any atom is -0.468 e. The Kier molecular flexibility index (Phi) is 5.24. The number of esters is 1. The van der Waals surface area contributed by atoms with Gasteiger partial charge in [-0.1, -0.05) is 0 Å². The molecule has 0 radical (unpaired) electrons. The molecule has 0 aromatic carbocycles. The third-order valence-electron chi connectivity index (χ3n) is 5.47. The Labute approximate surface area is 160 Å². The number of piperazine rings is 1. The van der Waals surface area contributed by atoms with Crippen LogP contribution in [0.4, 0.5) is 9.59 Å². The number of hydrogen-bond acceptors (Lipinski definition) is 6. The average molecular weight is 382 g/mol. The predicted octanol–water partition coefficient (Wildman–Crippen LogP) is 0.589. The van der Waals surface area contributed by atoms with Crippen molar-refractivity contribution in [1.82, 2.24) is 19.6 Å². The molecular formula is C18H30N4O5. The molecule has 3 aliphatic rings. The van der Waals surface area contributed by atoms with Crippen LogP contribution in [-0.4, -0.2) is 108 Å². The van der Waals surface area contributed by atoms with E-state index < -0.39 is 5.60 Å². The van der Waals surface area contributed by atoms with Gasteiger partial charge in [0, 0.05) is 38.8 Å². The number of amides is 3. The van der Waals surface area contributed by atoms with Crippen LogP contribution in [0.1, 0.15) is 27.2 Å². The summed E-state index contributed by atoms with van der Waals surface area (Å²) in [4.78, 5) is 44.4. The lowest BCUT2D eigenvalue weighted by molar-refractivity contribution is -0.145. The van der Waals surface area contributed by atoms with E-state index in [0.29, 0.717) is 39.1 Å². The summed E-state index contributed by atoms with van der Waals surface area (Å²) in [6.07, 6.45) is 0.241. The van der Waals surface area contributed by atoms with E-state index in [1.165, 1.54) is 7.11 Å². The molecule has 0 bridgehead atoms. The van der Waals surface area contributed by atoms with Gasteiger partial charge in [0.1, 0.15) is 11.6 Å². The number of rotatable bonds is 2. The highest BCUT2D eigenvalue weighted by atomic mass is 16.6. The first-order valence-corrected chi connectivity index (χ1v) is 9.44. The maximum absolute atomic E-state index is 12.9. The molecule has 3 fully saturated rings. The zero-order valence-electron chi connectivity index (χ0n) is 16.8. The minimum atomic E-state index is -0.539. The number of nitrogens with zero attached hydrogens (tertiary/aromatic N) is 4. The maximum atomic E-state index is 12.9. The van der Waals surface area contributed by atoms with Gasteiger partial charge in [-0.15, -0.1) is 0 Å². The summed E-state index contributed by atoms with van der Waals surface area (Å²) in [5.74, 6) is -0.263. The molecule has 0 N–H and O–H groups in total. The third-order valence-corrected chi connectivity index (χ3v) is 5.47. The van der Waals surface area contributed by atoms with E-state index in [0.717, 1.165) is 0 Å². The molecule has 0 aromatic rings. The van der Waals surface area contributed by atoms with E-state index in [2.05, 4.69) is 0 Å². The van der Waals surface area contributed by atoms with Crippen molar-refractivity contribution in [2.24, 2.45) is 0 Å². The normalized spacial score (nSPS) is 29.1. The number of hydrogen-bond donors (Lipinski definition) is 0. The Hall–Kier alpha value is -2.03. The first-order chi connectivity index (χ1) is 12.6. The number of ether oxygens (including phenoxy) is 2. The van der Waals surface area contributed by atoms with Crippen LogP contribution in [0.25, 0.3) is 0 Å². The van der Waals surface area contributed by atoms with Gasteiger partial charge in [-0.3, -0.25) is 9.69 Å². The molecule has 3 saturated heterocycles. The third kappa shape index (κ3) is 3.97. The van der Waals surface area contributed by atoms with Gasteiger partial charge in [-0.2, -0.15) is 0 Å². The van der Waals surface area contributed by atoms with Crippen molar-refractivity contribution >= 4 is 18.1 Å². The van der Waals surface area contributed by atoms with Crippen LogP contribution in [0.2, 0.25) is 0 Å². The highest BCUT2D eigenvalue weighted by Gasteiger charge is 2.48. The van der Waals surface area contributed by atoms with Gasteiger partial charge in [0.05, 0.1) is 13.2 Å². The highest BCUT2D eigenvalue weighted by Crippen LogP contribution is 2.29. The second-order valence-corrected chi connectivity index (χ2v) is 8.58. The summed E-state index contributed by atoms with van der Waals surface area (Å²) in [6, 6.07) is -0.384. The standard InChI is InChI=1S/C18H30N4O5/c1-18(2,3)27-17(25)20-6-7-21-13(10-20)11-22(16(21)24)12-8-14(15(23)26-5)19(4)9-12/h12-14H,6-11H2,1-5H3/t12-,13-,14+/m0/s1. The Morgan fingerprint density at radius 3 is 2.37 bits per heavy atom. The SMILES string of the molecule is COC(=O)[C@H]1C[C@H](N2C[C@@H]3CN(C(=O)OC(C)(C)C)CCN3C2=O)CN1C. The summed E-state index contributed by atoms with van der Waals surface area (Å²) < 4.78 is 10.3. The monoisotopic (exact) mass is 382 g/mol. The van der Waals surface area contributed by atoms with Gasteiger partial charge >= 0.3 is 18.1 Å². The highest BCUT2D eigenvalue weighted by molar-refractivity contribution is 5.80. The minimum absolute atomic E-state index is 0.00671. The fourth-order valence-corrected chi connectivity index (χ4v) is 4.14. The van der Waals surface area contributed by atoms with Crippen LogP contribution in [0.3, 0.4) is 0 Å². The lowest BCUT2D eigenvalue weighted by Crippen LogP contribution is -2.54. The van der Waals surface area contributed by atoms with Gasteiger partial charge in [-0.25, -0.2) is 9.59 Å². The summed E-state index contributed by atoms with van der Waals surface area (Å²) in [7, 11) is 3.26. The van der Waals surface area contributed by atoms with Gasteiger partial charge in [0.2, 0.25) is 0 Å². The van der Waals surface area contributed by atoms with Crippen LogP contribution in [-0.2, 0) is 14.3 Å². The Morgan fingerprint density at radius 2 is 1.74 bits per heavy atom. The molecular weight excluding hydrogens is 352 g/mol. The van der Waals surface area contributed by atoms with Crippen molar-refractivity contribution < 1.29 is 23.9 Å². The first-order valence-electron chi connectivity index (χ1n) is 9.44. The molecule has 152 valence electrons. The Bertz CT molecular complexity index is 619. The number of carbonyl (C=O) groups is 3. The molecule has 0 spiro atoms. The second-order valence-electron chi connectivity index (χ2n) is 8.58. The molecule has 3 atom stereocenters. The van der Waals surface area contributed by atoms with Crippen LogP contribution < -0.4 is 0 Å². The number of fused-ring (bicyclic) bond motifs is 1. The Morgan fingerprint density at radius 1 is 1.04 bits per heavy atom. The van der Waals surface area contributed by atoms with Crippen molar-refractivity contribution in [2.75, 3.05) is 46.9 Å². The van der Waals surface area contributed by atoms with Gasteiger partial charge in [0.25, 0.3) is 0 Å². The maximum Gasteiger partial charge on any atom is 0.410 e. The summed E-state index contributed by atoms with van der Waals surface area (Å²) in [6.45, 7) is 8.18. The number of likely N-dealkylation sites (N-methyl/N-ethyl adjacent to an activating group) is 1. The van der Waals surface area contributed by atoms with Crippen molar-refractivity contribution in [3.05, 3.63) is 0 Å². The summed E-state index contributed by atoms with van der Waals surface area (Å²) in [5.41, 5.74) is -0.539. The van der Waals surface area contributed by atoms with Crippen LogP contribution in [0.5, 0.6) is 0 Å². The summed E-state index contributed by atoms with van der Waals surface area (Å²) in [5, 5.41) is 0. The van der Waals surface area contributed by atoms with Crippen molar-refractivity contribution in [3.8, 4) is 0 Å². The quantitative estimate of drug-likeness (QED) is 0.650. The molecule has 0 saturated carbocycles. The van der Waals surface area contributed by atoms with Crippen molar-refractivity contribution in [3.63, 3.8) is 0 Å². The molecule has 9 heteroatoms. The predicted molar refractivity (Wildman–Crippen MR) is 97.2 cm³/mol. The van der Waals surface area contributed by atoms with Gasteiger partial charge in [-0.05, 0) is 34.2 Å². The lowest BCUT2D eigenvalue weighted by atomic mass is 10.1. The first kappa shape index (κ1) is 19.7. The Balaban J connectivity index is 1.63. The molecule has 3 amide bonds. The zero-order valence-corrected chi connectivity index (χ0v) is 16.8. The van der Waals surface area contributed by atoms with Gasteiger partial charge < -0.3 is 24.2 Å². The zero-order chi connectivity index (χ0) is 19.9. The molecule has 3 aliphatic heterocycles. The molecule has 3 heterocycles. The fraction of sp³-hybridized carbons (Fsp3) is 0.833. The number of carbonyl (C=O) groups excluding carboxylic acids is 3. The van der Waals surface area contributed by atoms with E-state index in [9.17, 15) is 14.4 Å². The van der Waals surface area contributed by atoms with Crippen molar-refractivity contribution in [1.29, 1.82) is 0 Å². The smallest absolute Gasteiger partial charge is 0.410 e. The molecule has 0 unspecified atom stereocenters. The number of methoxy groups -OCH3 is 1. The van der Waals surface area contributed by atoms with Gasteiger partial charge in [0.15, 0.2) is 0 Å². The molecule has 3 rings (SSSR count). The van der Waals surface area contributed by atoms with E-state index in [4.69, 9.17) is 9.47 Å². The lowest BCUT2D eigenvalue weighted by Gasteiger charge is -2.37. The molecule has 0 aromatic heterocycles. The number of urea groups is 1. The topological polar surface area (TPSA) is 82.6 Å². The van der Waals surface area contributed by atoms with Crippen molar-refractivity contribution in [2.45, 2.75) is 50.9 Å². The van der Waals surface area contributed by atoms with Crippen LogP contribution in [0, 0.1) is 0 Å². The van der Waals surface area contributed by atoms with E-state index in [-0.39, 0.29) is 36.2 Å². The fourth-order valence-electron chi connectivity index (χ4n) is 4.14.